The summed E-state index contributed by atoms with van der Waals surface area (Å²) in [5, 5.41) is 4.08. The van der Waals surface area contributed by atoms with Crippen molar-refractivity contribution in [1.82, 2.24) is 0 Å². The zero-order valence-electron chi connectivity index (χ0n) is 28.5. The van der Waals surface area contributed by atoms with Crippen LogP contribution >= 0.6 is 15.8 Å². The third-order valence-corrected chi connectivity index (χ3v) is 28.4. The Morgan fingerprint density at radius 3 is 1.02 bits per heavy atom. The number of fused-ring (bicyclic) bond motifs is 2. The van der Waals surface area contributed by atoms with Gasteiger partial charge in [-0.2, -0.15) is 0 Å². The molecule has 0 amide bonds. The van der Waals surface area contributed by atoms with Crippen LogP contribution in [0.3, 0.4) is 0 Å². The summed E-state index contributed by atoms with van der Waals surface area (Å²) in [6, 6.07) is 19.7. The molecule has 0 nitrogen and oxygen atoms in total. The Hall–Kier alpha value is 0.230. The maximum absolute atomic E-state index is 2.84. The molecule has 0 spiro atoms. The summed E-state index contributed by atoms with van der Waals surface area (Å²) >= 11 is -1.21. The van der Waals surface area contributed by atoms with Crippen molar-refractivity contribution in [2.75, 3.05) is 0 Å². The molecule has 252 valence electrons. The van der Waals surface area contributed by atoms with E-state index in [1.54, 1.807) is 22.3 Å². The van der Waals surface area contributed by atoms with Crippen molar-refractivity contribution in [3.8, 4) is 0 Å². The van der Waals surface area contributed by atoms with Gasteiger partial charge in [0.05, 0.1) is 0 Å². The normalized spacial score (nSPS) is 25.7. The molecule has 5 heteroatoms. The molecule has 2 aromatic rings. The quantitative estimate of drug-likeness (QED) is 0.190. The van der Waals surface area contributed by atoms with Gasteiger partial charge < -0.3 is 24.8 Å². The molecule has 0 saturated heterocycles. The Morgan fingerprint density at radius 1 is 0.404 bits per heavy atom. The molecular weight excluding hydrogens is 816 g/mol. The molecule has 4 saturated carbocycles. The van der Waals surface area contributed by atoms with Crippen LogP contribution in [0.4, 0.5) is 0 Å². The second kappa shape index (κ2) is 17.6. The van der Waals surface area contributed by atoms with Gasteiger partial charge in [0.2, 0.25) is 0 Å². The van der Waals surface area contributed by atoms with Crippen LogP contribution in [0.5, 0.6) is 0 Å². The van der Waals surface area contributed by atoms with E-state index in [1.165, 1.54) is 128 Å². The Kier molecular flexibility index (Phi) is 13.9. The third kappa shape index (κ3) is 8.01. The van der Waals surface area contributed by atoms with Gasteiger partial charge >= 0.3 is 291 Å². The van der Waals surface area contributed by atoms with Crippen LogP contribution in [0.25, 0.3) is 12.2 Å². The van der Waals surface area contributed by atoms with E-state index in [1.807, 2.05) is 10.6 Å². The van der Waals surface area contributed by atoms with Gasteiger partial charge in [-0.05, 0) is 0 Å². The van der Waals surface area contributed by atoms with Crippen molar-refractivity contribution in [2.45, 2.75) is 158 Å². The SMILES string of the molecule is C1=C(P(C2CCCCC2)C2CCCCC2)[CH]([Hf+2][CH]2C(P(C3CCCCC3)C3CCCCC3)=Cc3ccccc32)c2ccccc21.[Cl-].[Cl-]. The van der Waals surface area contributed by atoms with Crippen molar-refractivity contribution in [1.29, 1.82) is 0 Å². The Morgan fingerprint density at radius 2 is 0.702 bits per heavy atom. The van der Waals surface area contributed by atoms with Crippen LogP contribution in [0.1, 0.15) is 158 Å². The molecule has 0 aromatic heterocycles. The smallest absolute Gasteiger partial charge is 1.00 e. The summed E-state index contributed by atoms with van der Waals surface area (Å²) in [6.07, 6.45) is 35.9. The van der Waals surface area contributed by atoms with E-state index >= 15 is 0 Å². The Balaban J connectivity index is 0.00000193. The number of allylic oxidation sites excluding steroid dienone is 2. The summed E-state index contributed by atoms with van der Waals surface area (Å²) in [6.45, 7) is 0. The molecule has 2 unspecified atom stereocenters. The predicted molar refractivity (Wildman–Crippen MR) is 196 cm³/mol. The zero-order chi connectivity index (χ0) is 30.0. The number of rotatable bonds is 8. The van der Waals surface area contributed by atoms with Crippen molar-refractivity contribution in [3.63, 3.8) is 0 Å². The minimum Gasteiger partial charge on any atom is -1.00 e. The fraction of sp³-hybridized carbons (Fsp3) is 0.619. The summed E-state index contributed by atoms with van der Waals surface area (Å²) in [5.41, 5.74) is 10.8. The van der Waals surface area contributed by atoms with Gasteiger partial charge in [0.15, 0.2) is 0 Å². The first-order chi connectivity index (χ1) is 22.3. The summed E-state index contributed by atoms with van der Waals surface area (Å²) in [5.74, 6) is 0. The molecular formula is C42H56Cl2HfP2. The first-order valence-corrected chi connectivity index (χ1v) is 26.4. The van der Waals surface area contributed by atoms with Crippen LogP contribution in [-0.2, 0) is 22.9 Å². The van der Waals surface area contributed by atoms with Gasteiger partial charge in [0, 0.05) is 0 Å². The summed E-state index contributed by atoms with van der Waals surface area (Å²) < 4.78 is 1.65. The third-order valence-electron chi connectivity index (χ3n) is 12.6. The molecule has 2 aromatic carbocycles. The molecule has 2 atom stereocenters. The molecule has 4 fully saturated rings. The van der Waals surface area contributed by atoms with Gasteiger partial charge in [-0.3, -0.25) is 0 Å². The van der Waals surface area contributed by atoms with Gasteiger partial charge in [-0.1, -0.05) is 0 Å². The average molecular weight is 872 g/mol. The van der Waals surface area contributed by atoms with Crippen LogP contribution in [0, 0.1) is 0 Å². The largest absolute Gasteiger partial charge is 1.00 e. The summed E-state index contributed by atoms with van der Waals surface area (Å²) in [4.78, 5) is 0. The molecule has 47 heavy (non-hydrogen) atoms. The van der Waals surface area contributed by atoms with Gasteiger partial charge in [0.25, 0.3) is 0 Å². The first-order valence-electron chi connectivity index (χ1n) is 19.3. The second-order valence-electron chi connectivity index (χ2n) is 15.4. The van der Waals surface area contributed by atoms with E-state index in [4.69, 9.17) is 0 Å². The predicted octanol–water partition coefficient (Wildman–Crippen LogP) is 7.56. The summed E-state index contributed by atoms with van der Waals surface area (Å²) in [7, 11) is -0.0592. The van der Waals surface area contributed by atoms with Crippen LogP contribution in [0.2, 0.25) is 0 Å². The van der Waals surface area contributed by atoms with E-state index in [2.05, 4.69) is 60.7 Å². The molecule has 8 rings (SSSR count). The monoisotopic (exact) mass is 872 g/mol. The maximum atomic E-state index is 2.84. The van der Waals surface area contributed by atoms with E-state index in [-0.39, 0.29) is 40.7 Å². The van der Waals surface area contributed by atoms with E-state index in [0.717, 1.165) is 30.0 Å². The minimum absolute atomic E-state index is 0. The Bertz CT molecular complexity index is 1220. The molecule has 0 bridgehead atoms. The van der Waals surface area contributed by atoms with Crippen LogP contribution < -0.4 is 24.8 Å². The molecule has 0 N–H and O–H groups in total. The maximum Gasteiger partial charge on any atom is -1.00 e. The fourth-order valence-electron chi connectivity index (χ4n) is 10.5. The van der Waals surface area contributed by atoms with Crippen molar-refractivity contribution in [3.05, 3.63) is 81.4 Å². The standard InChI is InChI=1S/2C21H28P.2ClH.Hf/c2*1-3-11-19(12-4-1)22(20-13-5-2-6-14-20)21-15-17-9-7-8-10-18(17)16-21;;;/h2*7-10,15-16,19-20H,1-6,11-14H2;2*1H;/q;;;;+2/p-2. The van der Waals surface area contributed by atoms with Gasteiger partial charge in [-0.15, -0.1) is 0 Å². The van der Waals surface area contributed by atoms with Crippen molar-refractivity contribution in [2.24, 2.45) is 0 Å². The number of hydrogen-bond donors (Lipinski definition) is 0. The van der Waals surface area contributed by atoms with Crippen molar-refractivity contribution < 1.29 is 47.7 Å². The van der Waals surface area contributed by atoms with Gasteiger partial charge in [-0.25, -0.2) is 0 Å². The molecule has 0 aliphatic heterocycles. The second-order valence-corrected chi connectivity index (χ2v) is 26.3. The van der Waals surface area contributed by atoms with Crippen LogP contribution in [-0.4, -0.2) is 22.6 Å². The molecule has 6 aliphatic rings. The van der Waals surface area contributed by atoms with E-state index < -0.39 is 22.9 Å². The topological polar surface area (TPSA) is 0 Å². The van der Waals surface area contributed by atoms with E-state index in [0.29, 0.717) is 0 Å². The van der Waals surface area contributed by atoms with Crippen LogP contribution in [0.15, 0.2) is 59.2 Å². The first kappa shape index (κ1) is 37.0. The fourth-order valence-corrected chi connectivity index (χ4v) is 29.1. The van der Waals surface area contributed by atoms with Crippen molar-refractivity contribution >= 4 is 28.0 Å². The number of hydrogen-bond acceptors (Lipinski definition) is 0. The average Bonchev–Trinajstić information content (AvgIpc) is 3.65. The molecule has 0 heterocycles. The van der Waals surface area contributed by atoms with E-state index in [9.17, 15) is 0 Å². The molecule has 0 radical (unpaired) electrons. The number of halogens is 2. The zero-order valence-corrected chi connectivity index (χ0v) is 35.4. The number of benzene rings is 2. The Labute approximate surface area is 313 Å². The van der Waals surface area contributed by atoms with Gasteiger partial charge in [0.1, 0.15) is 0 Å². The molecule has 6 aliphatic carbocycles. The minimum atomic E-state index is -1.21.